The molecule has 33 heavy (non-hydrogen) atoms. The van der Waals surface area contributed by atoms with E-state index in [1.165, 1.54) is 17.3 Å². The lowest BCUT2D eigenvalue weighted by Crippen LogP contribution is -2.34. The first-order chi connectivity index (χ1) is 15.9. The normalized spacial score (nSPS) is 14.2. The molecule has 3 N–H and O–H groups in total. The van der Waals surface area contributed by atoms with Crippen LogP contribution in [0.2, 0.25) is 10.0 Å². The number of nitrogens with zero attached hydrogens (tertiary/aromatic N) is 4. The monoisotopic (exact) mass is 481 g/mol. The Morgan fingerprint density at radius 2 is 1.82 bits per heavy atom. The number of fused-ring (bicyclic) bond motifs is 2. The molecule has 8 nitrogen and oxygen atoms in total. The molecule has 3 heterocycles. The van der Waals surface area contributed by atoms with Gasteiger partial charge in [0.15, 0.2) is 5.65 Å². The highest BCUT2D eigenvalue weighted by atomic mass is 35.5. The first-order valence-electron chi connectivity index (χ1n) is 10.5. The third-order valence-electron chi connectivity index (χ3n) is 5.85. The highest BCUT2D eigenvalue weighted by Gasteiger charge is 2.16. The van der Waals surface area contributed by atoms with Crippen LogP contribution in [0.25, 0.3) is 16.7 Å². The van der Waals surface area contributed by atoms with E-state index < -0.39 is 5.69 Å². The van der Waals surface area contributed by atoms with Crippen LogP contribution >= 0.6 is 23.2 Å². The Bertz CT molecular complexity index is 1470. The van der Waals surface area contributed by atoms with Crippen LogP contribution in [0.3, 0.4) is 0 Å². The first kappa shape index (κ1) is 21.6. The van der Waals surface area contributed by atoms with Crippen molar-refractivity contribution in [2.75, 3.05) is 25.5 Å². The Morgan fingerprint density at radius 1 is 1.09 bits per heavy atom. The van der Waals surface area contributed by atoms with Gasteiger partial charge in [0.1, 0.15) is 5.49 Å². The molecule has 0 fully saturated rings. The van der Waals surface area contributed by atoms with Gasteiger partial charge in [-0.2, -0.15) is 4.98 Å². The van der Waals surface area contributed by atoms with Gasteiger partial charge in [-0.1, -0.05) is 35.3 Å². The van der Waals surface area contributed by atoms with Crippen LogP contribution < -0.4 is 16.5 Å². The predicted octanol–water partition coefficient (Wildman–Crippen LogP) is 3.67. The number of hydrogen-bond acceptors (Lipinski definition) is 6. The number of aromatic nitrogens is 4. The van der Waals surface area contributed by atoms with Crippen molar-refractivity contribution in [3.05, 3.63) is 79.7 Å². The van der Waals surface area contributed by atoms with Crippen molar-refractivity contribution in [2.24, 2.45) is 0 Å². The number of benzene rings is 2. The molecule has 1 aliphatic heterocycles. The van der Waals surface area contributed by atoms with Crippen molar-refractivity contribution >= 4 is 45.9 Å². The maximum absolute atomic E-state index is 12.8. The van der Waals surface area contributed by atoms with E-state index in [1.54, 1.807) is 18.2 Å². The number of H-pyrrole nitrogens is 1. The number of para-hydroxylation sites is 1. The summed E-state index contributed by atoms with van der Waals surface area (Å²) in [6.45, 7) is 2.07. The summed E-state index contributed by atoms with van der Waals surface area (Å²) in [5, 5.41) is 12.7. The van der Waals surface area contributed by atoms with E-state index in [0.29, 0.717) is 11.3 Å². The lowest BCUT2D eigenvalue weighted by atomic mass is 10.0. The van der Waals surface area contributed by atoms with E-state index in [4.69, 9.17) is 28.6 Å². The fourth-order valence-electron chi connectivity index (χ4n) is 4.05. The van der Waals surface area contributed by atoms with Crippen LogP contribution in [0.5, 0.6) is 0 Å². The number of anilines is 2. The lowest BCUT2D eigenvalue weighted by Gasteiger charge is -2.12. The Hall–Kier alpha value is -3.20. The van der Waals surface area contributed by atoms with E-state index >= 15 is 0 Å². The van der Waals surface area contributed by atoms with E-state index in [2.05, 4.69) is 44.3 Å². The van der Waals surface area contributed by atoms with Gasteiger partial charge in [-0.15, -0.1) is 0 Å². The zero-order valence-electron chi connectivity index (χ0n) is 17.8. The van der Waals surface area contributed by atoms with E-state index in [9.17, 15) is 4.79 Å². The number of halogens is 2. The molecule has 0 amide bonds. The van der Waals surface area contributed by atoms with E-state index in [1.807, 2.05) is 6.07 Å². The second-order valence-electron chi connectivity index (χ2n) is 8.05. The van der Waals surface area contributed by atoms with Crippen molar-refractivity contribution in [2.45, 2.75) is 12.8 Å². The van der Waals surface area contributed by atoms with Crippen molar-refractivity contribution in [3.63, 3.8) is 0 Å². The molecular weight excluding hydrogens is 461 g/mol. The number of likely N-dealkylation sites (N-methyl/N-ethyl adjacent to an activating group) is 1. The molecule has 2 aromatic carbocycles. The Kier molecular flexibility index (Phi) is 5.65. The second-order valence-corrected chi connectivity index (χ2v) is 8.87. The van der Waals surface area contributed by atoms with Gasteiger partial charge in [-0.3, -0.25) is 10.4 Å². The van der Waals surface area contributed by atoms with Gasteiger partial charge in [-0.05, 0) is 55.3 Å². The van der Waals surface area contributed by atoms with Crippen LogP contribution in [-0.2, 0) is 12.8 Å². The van der Waals surface area contributed by atoms with Crippen molar-refractivity contribution < 1.29 is 0 Å². The van der Waals surface area contributed by atoms with Gasteiger partial charge in [-0.25, -0.2) is 14.3 Å². The standard InChI is InChI=1S/C23H21Cl2N7O/c1-31-9-7-13-5-6-15(11-14(13)8-10-31)28-22-27-12-16-20(26)32(23(33)30-21(16)29-22)19-17(24)3-2-4-18(19)25/h2-6,11-12,26H,7-10H2,1H3,(H2,27,28,29,30,33). The molecular formula is C23H21Cl2N7O. The minimum absolute atomic E-state index is 0.107. The molecule has 4 aromatic rings. The number of nitrogens with one attached hydrogen (secondary N) is 3. The summed E-state index contributed by atoms with van der Waals surface area (Å²) in [4.78, 5) is 26.7. The zero-order chi connectivity index (χ0) is 23.1. The average Bonchev–Trinajstić information content (AvgIpc) is 2.97. The summed E-state index contributed by atoms with van der Waals surface area (Å²) >= 11 is 12.5. The Balaban J connectivity index is 1.52. The predicted molar refractivity (Wildman–Crippen MR) is 130 cm³/mol. The smallest absolute Gasteiger partial charge is 0.324 e. The number of aromatic amines is 1. The summed E-state index contributed by atoms with van der Waals surface area (Å²) in [5.74, 6) is 0.330. The van der Waals surface area contributed by atoms with Crippen molar-refractivity contribution in [3.8, 4) is 5.69 Å². The number of rotatable bonds is 3. The molecule has 2 aromatic heterocycles. The van der Waals surface area contributed by atoms with Gasteiger partial charge in [0.05, 0.1) is 21.1 Å². The Morgan fingerprint density at radius 3 is 2.58 bits per heavy atom. The SMILES string of the molecule is CN1CCc2ccc(Nc3ncc4c(=N)n(-c5c(Cl)cccc5Cl)c(=O)[nH]c4n3)cc2CC1. The molecule has 0 saturated heterocycles. The summed E-state index contributed by atoms with van der Waals surface area (Å²) < 4.78 is 1.12. The molecule has 168 valence electrons. The molecule has 10 heteroatoms. The lowest BCUT2D eigenvalue weighted by molar-refractivity contribution is 0.352. The quantitative estimate of drug-likeness (QED) is 0.414. The summed E-state index contributed by atoms with van der Waals surface area (Å²) in [5.41, 5.74) is 3.36. The average molecular weight is 482 g/mol. The number of hydrogen-bond donors (Lipinski definition) is 3. The van der Waals surface area contributed by atoms with Gasteiger partial charge in [0, 0.05) is 25.0 Å². The molecule has 0 bridgehead atoms. The maximum atomic E-state index is 12.8. The minimum atomic E-state index is -0.568. The van der Waals surface area contributed by atoms with Crippen LogP contribution in [0.15, 0.2) is 47.4 Å². The molecule has 0 aliphatic carbocycles. The molecule has 5 rings (SSSR count). The minimum Gasteiger partial charge on any atom is -0.324 e. The summed E-state index contributed by atoms with van der Waals surface area (Å²) in [6.07, 6.45) is 3.52. The van der Waals surface area contributed by atoms with Crippen LogP contribution in [0, 0.1) is 5.41 Å². The van der Waals surface area contributed by atoms with Crippen molar-refractivity contribution in [1.29, 1.82) is 5.41 Å². The molecule has 0 unspecified atom stereocenters. The van der Waals surface area contributed by atoms with Gasteiger partial charge in [0.2, 0.25) is 5.95 Å². The van der Waals surface area contributed by atoms with Gasteiger partial charge < -0.3 is 10.2 Å². The fraction of sp³-hybridized carbons (Fsp3) is 0.217. The van der Waals surface area contributed by atoms with Crippen molar-refractivity contribution in [1.82, 2.24) is 24.4 Å². The highest BCUT2D eigenvalue weighted by molar-refractivity contribution is 6.37. The Labute approximate surface area is 199 Å². The molecule has 0 saturated carbocycles. The molecule has 0 atom stereocenters. The fourth-order valence-corrected chi connectivity index (χ4v) is 4.62. The summed E-state index contributed by atoms with van der Waals surface area (Å²) in [6, 6.07) is 11.2. The van der Waals surface area contributed by atoms with E-state index in [-0.39, 0.29) is 26.9 Å². The third kappa shape index (κ3) is 4.13. The van der Waals surface area contributed by atoms with E-state index in [0.717, 1.165) is 36.2 Å². The third-order valence-corrected chi connectivity index (χ3v) is 6.46. The second kappa shape index (κ2) is 8.62. The molecule has 1 aliphatic rings. The summed E-state index contributed by atoms with van der Waals surface area (Å²) in [7, 11) is 2.14. The van der Waals surface area contributed by atoms with Gasteiger partial charge >= 0.3 is 5.69 Å². The topological polar surface area (TPSA) is 103 Å². The molecule has 0 spiro atoms. The molecule has 0 radical (unpaired) electrons. The van der Waals surface area contributed by atoms with Crippen LogP contribution in [-0.4, -0.2) is 44.6 Å². The highest BCUT2D eigenvalue weighted by Crippen LogP contribution is 2.26. The zero-order valence-corrected chi connectivity index (χ0v) is 19.3. The first-order valence-corrected chi connectivity index (χ1v) is 11.2. The largest absolute Gasteiger partial charge is 0.333 e. The van der Waals surface area contributed by atoms with Crippen LogP contribution in [0.1, 0.15) is 11.1 Å². The van der Waals surface area contributed by atoms with Gasteiger partial charge in [0.25, 0.3) is 0 Å². The maximum Gasteiger partial charge on any atom is 0.333 e. The van der Waals surface area contributed by atoms with Crippen LogP contribution in [0.4, 0.5) is 11.6 Å².